The molecule has 0 aliphatic carbocycles. The molecule has 0 unspecified atom stereocenters. The summed E-state index contributed by atoms with van der Waals surface area (Å²) < 4.78 is 1.97. The second-order valence-electron chi connectivity index (χ2n) is 8.40. The molecule has 0 saturated carbocycles. The topological polar surface area (TPSA) is 67.2 Å². The molecular formula is C25H34N4O2. The summed E-state index contributed by atoms with van der Waals surface area (Å²) in [5, 5.41) is 7.46. The Kier molecular flexibility index (Phi) is 8.04. The quantitative estimate of drug-likeness (QED) is 0.691. The Morgan fingerprint density at radius 2 is 1.71 bits per heavy atom. The van der Waals surface area contributed by atoms with Gasteiger partial charge in [-0.1, -0.05) is 42.7 Å². The Hall–Kier alpha value is -2.89. The van der Waals surface area contributed by atoms with Gasteiger partial charge >= 0.3 is 0 Å². The van der Waals surface area contributed by atoms with Crippen LogP contribution in [0.15, 0.2) is 30.3 Å². The van der Waals surface area contributed by atoms with E-state index in [1.54, 1.807) is 0 Å². The SMILES string of the molecule is Cc1ccc(Cn2nc(C)c(/C=C/C(=O)NCCC(=O)N3CCCCCC3)c2C)cc1. The lowest BCUT2D eigenvalue weighted by Crippen LogP contribution is -2.34. The molecule has 1 aliphatic rings. The largest absolute Gasteiger partial charge is 0.352 e. The Morgan fingerprint density at radius 1 is 1.03 bits per heavy atom. The van der Waals surface area contributed by atoms with E-state index in [2.05, 4.69) is 41.6 Å². The molecule has 0 spiro atoms. The van der Waals surface area contributed by atoms with Crippen molar-refractivity contribution >= 4 is 17.9 Å². The Bertz CT molecular complexity index is 920. The molecule has 0 atom stereocenters. The third-order valence-corrected chi connectivity index (χ3v) is 5.89. The summed E-state index contributed by atoms with van der Waals surface area (Å²) in [7, 11) is 0. The minimum absolute atomic E-state index is 0.134. The fraction of sp³-hybridized carbons (Fsp3) is 0.480. The number of carbonyl (C=O) groups is 2. The van der Waals surface area contributed by atoms with Gasteiger partial charge in [0, 0.05) is 43.4 Å². The minimum Gasteiger partial charge on any atom is -0.352 e. The number of benzene rings is 1. The van der Waals surface area contributed by atoms with Crippen LogP contribution in [-0.2, 0) is 16.1 Å². The van der Waals surface area contributed by atoms with Crippen molar-refractivity contribution in [3.8, 4) is 0 Å². The maximum absolute atomic E-state index is 12.3. The average molecular weight is 423 g/mol. The standard InChI is InChI=1S/C25H34N4O2/c1-19-8-10-22(11-9-19)18-29-21(3)23(20(2)27-29)12-13-24(30)26-15-14-25(31)28-16-6-4-5-7-17-28/h8-13H,4-7,14-18H2,1-3H3,(H,26,30)/b13-12+. The fourth-order valence-electron chi connectivity index (χ4n) is 3.96. The van der Waals surface area contributed by atoms with Gasteiger partial charge in [0.1, 0.15) is 0 Å². The number of aryl methyl sites for hydroxylation is 2. The number of rotatable bonds is 7. The molecule has 2 heterocycles. The van der Waals surface area contributed by atoms with Gasteiger partial charge in [-0.05, 0) is 45.3 Å². The van der Waals surface area contributed by atoms with Crippen LogP contribution >= 0.6 is 0 Å². The molecule has 31 heavy (non-hydrogen) atoms. The molecule has 1 aromatic carbocycles. The smallest absolute Gasteiger partial charge is 0.244 e. The van der Waals surface area contributed by atoms with Gasteiger partial charge in [-0.2, -0.15) is 5.10 Å². The van der Waals surface area contributed by atoms with Gasteiger partial charge in [0.05, 0.1) is 12.2 Å². The highest BCUT2D eigenvalue weighted by Gasteiger charge is 2.15. The van der Waals surface area contributed by atoms with E-state index >= 15 is 0 Å². The normalized spacial score (nSPS) is 14.6. The first-order valence-corrected chi connectivity index (χ1v) is 11.3. The summed E-state index contributed by atoms with van der Waals surface area (Å²) in [6, 6.07) is 8.43. The van der Waals surface area contributed by atoms with Crippen molar-refractivity contribution in [3.05, 3.63) is 58.4 Å². The van der Waals surface area contributed by atoms with Crippen LogP contribution in [0.25, 0.3) is 6.08 Å². The van der Waals surface area contributed by atoms with Gasteiger partial charge in [0.2, 0.25) is 11.8 Å². The first-order chi connectivity index (χ1) is 14.9. The van der Waals surface area contributed by atoms with E-state index in [9.17, 15) is 9.59 Å². The van der Waals surface area contributed by atoms with Crippen LogP contribution in [0.2, 0.25) is 0 Å². The Labute approximate surface area is 185 Å². The summed E-state index contributed by atoms with van der Waals surface area (Å²) in [6.07, 6.45) is 8.26. The van der Waals surface area contributed by atoms with Crippen molar-refractivity contribution in [2.75, 3.05) is 19.6 Å². The molecular weight excluding hydrogens is 388 g/mol. The summed E-state index contributed by atoms with van der Waals surface area (Å²) in [5.41, 5.74) is 5.31. The van der Waals surface area contributed by atoms with E-state index in [4.69, 9.17) is 0 Å². The molecule has 1 aliphatic heterocycles. The molecule has 6 heteroatoms. The van der Waals surface area contributed by atoms with Gasteiger partial charge < -0.3 is 10.2 Å². The van der Waals surface area contributed by atoms with Crippen molar-refractivity contribution in [1.82, 2.24) is 20.0 Å². The number of hydrogen-bond acceptors (Lipinski definition) is 3. The summed E-state index contributed by atoms with van der Waals surface area (Å²) >= 11 is 0. The van der Waals surface area contributed by atoms with Crippen molar-refractivity contribution in [1.29, 1.82) is 0 Å². The zero-order valence-electron chi connectivity index (χ0n) is 19.0. The second kappa shape index (κ2) is 10.9. The van der Waals surface area contributed by atoms with Crippen LogP contribution in [-0.4, -0.2) is 46.1 Å². The maximum atomic E-state index is 12.3. The monoisotopic (exact) mass is 422 g/mol. The highest BCUT2D eigenvalue weighted by atomic mass is 16.2. The molecule has 1 N–H and O–H groups in total. The Morgan fingerprint density at radius 3 is 2.39 bits per heavy atom. The molecule has 1 fully saturated rings. The van der Waals surface area contributed by atoms with E-state index in [1.165, 1.54) is 30.0 Å². The second-order valence-corrected chi connectivity index (χ2v) is 8.40. The van der Waals surface area contributed by atoms with Crippen LogP contribution in [0.4, 0.5) is 0 Å². The summed E-state index contributed by atoms with van der Waals surface area (Å²) in [6.45, 7) is 8.80. The predicted molar refractivity (Wildman–Crippen MR) is 124 cm³/mol. The number of aromatic nitrogens is 2. The highest BCUT2D eigenvalue weighted by Crippen LogP contribution is 2.17. The van der Waals surface area contributed by atoms with Crippen molar-refractivity contribution in [2.24, 2.45) is 0 Å². The predicted octanol–water partition coefficient (Wildman–Crippen LogP) is 3.78. The lowest BCUT2D eigenvalue weighted by atomic mass is 10.1. The zero-order chi connectivity index (χ0) is 22.2. The van der Waals surface area contributed by atoms with E-state index in [1.807, 2.05) is 29.5 Å². The molecule has 2 aromatic rings. The van der Waals surface area contributed by atoms with E-state index in [-0.39, 0.29) is 11.8 Å². The number of carbonyl (C=O) groups excluding carboxylic acids is 2. The van der Waals surface area contributed by atoms with Gasteiger partial charge in [0.15, 0.2) is 0 Å². The molecule has 2 amide bonds. The minimum atomic E-state index is -0.186. The number of hydrogen-bond donors (Lipinski definition) is 1. The van der Waals surface area contributed by atoms with E-state index in [0.29, 0.717) is 19.5 Å². The van der Waals surface area contributed by atoms with Gasteiger partial charge in [-0.25, -0.2) is 0 Å². The number of nitrogens with one attached hydrogen (secondary N) is 1. The van der Waals surface area contributed by atoms with Crippen LogP contribution in [0.1, 0.15) is 60.2 Å². The lowest BCUT2D eigenvalue weighted by molar-refractivity contribution is -0.131. The van der Waals surface area contributed by atoms with E-state index < -0.39 is 0 Å². The zero-order valence-corrected chi connectivity index (χ0v) is 19.0. The third kappa shape index (κ3) is 6.54. The average Bonchev–Trinajstić information content (AvgIpc) is 2.94. The van der Waals surface area contributed by atoms with Crippen LogP contribution < -0.4 is 5.32 Å². The highest BCUT2D eigenvalue weighted by molar-refractivity contribution is 5.92. The van der Waals surface area contributed by atoms with Gasteiger partial charge in [-0.3, -0.25) is 14.3 Å². The molecule has 1 aromatic heterocycles. The van der Waals surface area contributed by atoms with Crippen molar-refractivity contribution in [2.45, 2.75) is 59.4 Å². The first-order valence-electron chi connectivity index (χ1n) is 11.3. The number of amides is 2. The summed E-state index contributed by atoms with van der Waals surface area (Å²) in [5.74, 6) is -0.0519. The van der Waals surface area contributed by atoms with Crippen LogP contribution in [0.5, 0.6) is 0 Å². The van der Waals surface area contributed by atoms with Crippen molar-refractivity contribution < 1.29 is 9.59 Å². The summed E-state index contributed by atoms with van der Waals surface area (Å²) in [4.78, 5) is 26.5. The molecule has 6 nitrogen and oxygen atoms in total. The van der Waals surface area contributed by atoms with E-state index in [0.717, 1.165) is 42.9 Å². The lowest BCUT2D eigenvalue weighted by Gasteiger charge is -2.20. The van der Waals surface area contributed by atoms with Crippen LogP contribution in [0.3, 0.4) is 0 Å². The number of nitrogens with zero attached hydrogens (tertiary/aromatic N) is 3. The molecule has 0 bridgehead atoms. The van der Waals surface area contributed by atoms with Crippen LogP contribution in [0, 0.1) is 20.8 Å². The van der Waals surface area contributed by atoms with Crippen molar-refractivity contribution in [3.63, 3.8) is 0 Å². The first kappa shape index (κ1) is 22.8. The maximum Gasteiger partial charge on any atom is 0.244 e. The molecule has 0 radical (unpaired) electrons. The fourth-order valence-corrected chi connectivity index (χ4v) is 3.96. The van der Waals surface area contributed by atoms with Gasteiger partial charge in [-0.15, -0.1) is 0 Å². The third-order valence-electron chi connectivity index (χ3n) is 5.89. The molecule has 166 valence electrons. The molecule has 3 rings (SSSR count). The number of likely N-dealkylation sites (tertiary alicyclic amines) is 1. The Balaban J connectivity index is 1.51. The van der Waals surface area contributed by atoms with Gasteiger partial charge in [0.25, 0.3) is 0 Å². The molecule has 1 saturated heterocycles.